The van der Waals surface area contributed by atoms with Crippen molar-refractivity contribution in [2.24, 2.45) is 0 Å². The first-order chi connectivity index (χ1) is 14.3. The summed E-state index contributed by atoms with van der Waals surface area (Å²) >= 11 is 1.33. The van der Waals surface area contributed by atoms with Gasteiger partial charge in [-0.15, -0.1) is 11.3 Å². The van der Waals surface area contributed by atoms with Crippen molar-refractivity contribution in [1.29, 1.82) is 0 Å². The van der Waals surface area contributed by atoms with E-state index in [1.165, 1.54) is 29.7 Å². The van der Waals surface area contributed by atoms with E-state index in [9.17, 15) is 13.2 Å². The molecule has 1 heterocycles. The molecule has 0 aliphatic rings. The molecule has 1 N–H and O–H groups in total. The predicted molar refractivity (Wildman–Crippen MR) is 118 cm³/mol. The maximum Gasteiger partial charge on any atom is 0.242 e. The van der Waals surface area contributed by atoms with Gasteiger partial charge in [-0.25, -0.2) is 17.7 Å². The zero-order chi connectivity index (χ0) is 21.7. The van der Waals surface area contributed by atoms with Crippen LogP contribution in [0.15, 0.2) is 58.8 Å². The highest BCUT2D eigenvalue weighted by Crippen LogP contribution is 2.26. The van der Waals surface area contributed by atoms with Gasteiger partial charge in [0.1, 0.15) is 5.75 Å². The fourth-order valence-electron chi connectivity index (χ4n) is 2.70. The monoisotopic (exact) mass is 445 g/mol. The second kappa shape index (κ2) is 9.38. The van der Waals surface area contributed by atoms with Crippen LogP contribution in [0.1, 0.15) is 12.0 Å². The Labute approximate surface area is 180 Å². The van der Waals surface area contributed by atoms with E-state index in [-0.39, 0.29) is 10.8 Å². The Balaban J connectivity index is 1.59. The van der Waals surface area contributed by atoms with Crippen molar-refractivity contribution in [3.05, 3.63) is 59.5 Å². The van der Waals surface area contributed by atoms with Crippen LogP contribution >= 0.6 is 11.3 Å². The minimum absolute atomic E-state index is 0.112. The lowest BCUT2D eigenvalue weighted by atomic mass is 10.1. The van der Waals surface area contributed by atoms with Gasteiger partial charge in [-0.2, -0.15) is 0 Å². The number of hydrogen-bond acceptors (Lipinski definition) is 6. The molecule has 0 saturated carbocycles. The van der Waals surface area contributed by atoms with Gasteiger partial charge in [0, 0.05) is 31.5 Å². The van der Waals surface area contributed by atoms with Gasteiger partial charge in [0.05, 0.1) is 17.7 Å². The van der Waals surface area contributed by atoms with Crippen LogP contribution in [0.3, 0.4) is 0 Å². The average molecular weight is 446 g/mol. The van der Waals surface area contributed by atoms with Crippen molar-refractivity contribution in [3.63, 3.8) is 0 Å². The number of rotatable bonds is 8. The highest BCUT2D eigenvalue weighted by atomic mass is 32.2. The lowest BCUT2D eigenvalue weighted by Crippen LogP contribution is -2.22. The van der Waals surface area contributed by atoms with E-state index in [4.69, 9.17) is 4.74 Å². The van der Waals surface area contributed by atoms with Crippen molar-refractivity contribution in [2.75, 3.05) is 26.5 Å². The normalized spacial score (nSPS) is 11.5. The summed E-state index contributed by atoms with van der Waals surface area (Å²) < 4.78 is 30.6. The molecule has 1 amide bonds. The molecule has 0 unspecified atom stereocenters. The molecular formula is C21H23N3O4S2. The number of hydrogen-bond donors (Lipinski definition) is 1. The van der Waals surface area contributed by atoms with Crippen LogP contribution in [-0.4, -0.2) is 44.8 Å². The quantitative estimate of drug-likeness (QED) is 0.572. The third-order valence-corrected chi connectivity index (χ3v) is 7.07. The van der Waals surface area contributed by atoms with Crippen molar-refractivity contribution in [3.8, 4) is 17.0 Å². The van der Waals surface area contributed by atoms with Gasteiger partial charge >= 0.3 is 0 Å². The van der Waals surface area contributed by atoms with Crippen LogP contribution in [0.25, 0.3) is 11.3 Å². The number of thiazole rings is 1. The molecule has 0 aliphatic carbocycles. The second-order valence-electron chi connectivity index (χ2n) is 6.75. The van der Waals surface area contributed by atoms with Crippen LogP contribution in [-0.2, 0) is 21.2 Å². The number of amides is 1. The van der Waals surface area contributed by atoms with E-state index in [0.717, 1.165) is 16.9 Å². The number of nitrogens with one attached hydrogen (secondary N) is 1. The molecular weight excluding hydrogens is 422 g/mol. The molecule has 3 rings (SSSR count). The van der Waals surface area contributed by atoms with Gasteiger partial charge < -0.3 is 10.1 Å². The zero-order valence-electron chi connectivity index (χ0n) is 17.0. The molecule has 0 radical (unpaired) electrons. The van der Waals surface area contributed by atoms with Crippen LogP contribution in [0, 0.1) is 0 Å². The minimum Gasteiger partial charge on any atom is -0.497 e. The number of aromatic nitrogens is 1. The Morgan fingerprint density at radius 2 is 1.77 bits per heavy atom. The first-order valence-corrected chi connectivity index (χ1v) is 11.5. The Morgan fingerprint density at radius 3 is 2.37 bits per heavy atom. The standard InChI is InChI=1S/C21H23N3O4S2/c1-24(2)30(26,27)18-11-7-16(8-12-18)19-14-29-21(22-19)23-20(25)13-6-15-4-9-17(28-3)10-5-15/h4-5,7-12,14H,6,13H2,1-3H3,(H,22,23,25). The van der Waals surface area contributed by atoms with Gasteiger partial charge in [0.25, 0.3) is 0 Å². The van der Waals surface area contributed by atoms with Gasteiger partial charge in [-0.05, 0) is 36.2 Å². The Morgan fingerprint density at radius 1 is 1.10 bits per heavy atom. The van der Waals surface area contributed by atoms with Crippen molar-refractivity contribution in [2.45, 2.75) is 17.7 Å². The molecule has 0 bridgehead atoms. The number of sulfonamides is 1. The largest absolute Gasteiger partial charge is 0.497 e. The summed E-state index contributed by atoms with van der Waals surface area (Å²) in [5.74, 6) is 0.671. The minimum atomic E-state index is -3.47. The molecule has 9 heteroatoms. The van der Waals surface area contributed by atoms with E-state index in [0.29, 0.717) is 23.7 Å². The number of aryl methyl sites for hydroxylation is 1. The topological polar surface area (TPSA) is 88.6 Å². The molecule has 0 fully saturated rings. The van der Waals surface area contributed by atoms with Gasteiger partial charge in [-0.3, -0.25) is 4.79 Å². The molecule has 2 aromatic carbocycles. The van der Waals surface area contributed by atoms with Gasteiger partial charge in [0.2, 0.25) is 15.9 Å². The molecule has 1 aromatic heterocycles. The van der Waals surface area contributed by atoms with Crippen LogP contribution < -0.4 is 10.1 Å². The smallest absolute Gasteiger partial charge is 0.242 e. The summed E-state index contributed by atoms with van der Waals surface area (Å²) in [6.07, 6.45) is 0.966. The van der Waals surface area contributed by atoms with Crippen molar-refractivity contribution >= 4 is 32.4 Å². The Hall–Kier alpha value is -2.75. The average Bonchev–Trinajstić information content (AvgIpc) is 3.21. The molecule has 3 aromatic rings. The number of ether oxygens (including phenoxy) is 1. The van der Waals surface area contributed by atoms with E-state index in [1.54, 1.807) is 31.4 Å². The Kier molecular flexibility index (Phi) is 6.86. The first kappa shape index (κ1) is 21.9. The van der Waals surface area contributed by atoms with Crippen LogP contribution in [0.2, 0.25) is 0 Å². The summed E-state index contributed by atoms with van der Waals surface area (Å²) in [6, 6.07) is 14.1. The maximum atomic E-state index is 12.2. The van der Waals surface area contributed by atoms with Crippen molar-refractivity contribution in [1.82, 2.24) is 9.29 Å². The summed E-state index contributed by atoms with van der Waals surface area (Å²) in [7, 11) is 1.13. The first-order valence-electron chi connectivity index (χ1n) is 9.21. The lowest BCUT2D eigenvalue weighted by molar-refractivity contribution is -0.116. The molecule has 0 atom stereocenters. The molecule has 0 spiro atoms. The van der Waals surface area contributed by atoms with E-state index in [1.807, 2.05) is 29.6 Å². The third kappa shape index (κ3) is 5.24. The van der Waals surface area contributed by atoms with E-state index >= 15 is 0 Å². The highest BCUT2D eigenvalue weighted by Gasteiger charge is 2.17. The van der Waals surface area contributed by atoms with Crippen LogP contribution in [0.5, 0.6) is 5.75 Å². The van der Waals surface area contributed by atoms with Crippen molar-refractivity contribution < 1.29 is 17.9 Å². The van der Waals surface area contributed by atoms with E-state index in [2.05, 4.69) is 10.3 Å². The summed E-state index contributed by atoms with van der Waals surface area (Å²) in [5.41, 5.74) is 2.51. The number of anilines is 1. The Bertz CT molecular complexity index is 1110. The van der Waals surface area contributed by atoms with E-state index < -0.39 is 10.0 Å². The molecule has 30 heavy (non-hydrogen) atoms. The number of benzene rings is 2. The molecule has 7 nitrogen and oxygen atoms in total. The molecule has 158 valence electrons. The van der Waals surface area contributed by atoms with Gasteiger partial charge in [-0.1, -0.05) is 24.3 Å². The SMILES string of the molecule is COc1ccc(CCC(=O)Nc2nc(-c3ccc(S(=O)(=O)N(C)C)cc3)cs2)cc1. The number of carbonyl (C=O) groups is 1. The van der Waals surface area contributed by atoms with Crippen LogP contribution in [0.4, 0.5) is 5.13 Å². The number of methoxy groups -OCH3 is 1. The maximum absolute atomic E-state index is 12.2. The number of carbonyl (C=O) groups excluding carboxylic acids is 1. The fourth-order valence-corrected chi connectivity index (χ4v) is 4.34. The summed E-state index contributed by atoms with van der Waals surface area (Å²) in [4.78, 5) is 16.9. The second-order valence-corrected chi connectivity index (χ2v) is 9.76. The van der Waals surface area contributed by atoms with Gasteiger partial charge in [0.15, 0.2) is 5.13 Å². The third-order valence-electron chi connectivity index (χ3n) is 4.48. The molecule has 0 saturated heterocycles. The fraction of sp³-hybridized carbons (Fsp3) is 0.238. The predicted octanol–water partition coefficient (Wildman–Crippen LogP) is 3.64. The summed E-state index contributed by atoms with van der Waals surface area (Å²) in [6.45, 7) is 0. The summed E-state index contributed by atoms with van der Waals surface area (Å²) in [5, 5.41) is 5.15. The zero-order valence-corrected chi connectivity index (χ0v) is 18.6. The number of nitrogens with zero attached hydrogens (tertiary/aromatic N) is 2. The lowest BCUT2D eigenvalue weighted by Gasteiger charge is -2.11. The molecule has 0 aliphatic heterocycles. The highest BCUT2D eigenvalue weighted by molar-refractivity contribution is 7.89.